The molecule has 0 aliphatic heterocycles. The van der Waals surface area contributed by atoms with E-state index in [-0.39, 0.29) is 0 Å². The number of benzene rings is 3. The van der Waals surface area contributed by atoms with Crippen LogP contribution >= 0.6 is 15.9 Å². The highest BCUT2D eigenvalue weighted by molar-refractivity contribution is 9.10. The van der Waals surface area contributed by atoms with Crippen LogP contribution in [0.25, 0.3) is 22.4 Å². The second-order valence-corrected chi connectivity index (χ2v) is 5.67. The predicted molar refractivity (Wildman–Crippen MR) is 91.6 cm³/mol. The van der Waals surface area contributed by atoms with Crippen molar-refractivity contribution in [3.8, 4) is 6.07 Å². The molecule has 3 aromatic carbocycles. The van der Waals surface area contributed by atoms with Crippen LogP contribution in [0.5, 0.6) is 0 Å². The van der Waals surface area contributed by atoms with E-state index in [1.165, 1.54) is 0 Å². The lowest BCUT2D eigenvalue weighted by Gasteiger charge is -2.05. The molecule has 0 aliphatic rings. The SMILES string of the molecule is N#C/C(=C/c1cccc(Br)c1)c1cccc2ccccc12. The van der Waals surface area contributed by atoms with Gasteiger partial charge in [0, 0.05) is 10.0 Å². The summed E-state index contributed by atoms with van der Waals surface area (Å²) in [5.74, 6) is 0. The third-order valence-electron chi connectivity index (χ3n) is 3.36. The van der Waals surface area contributed by atoms with Crippen LogP contribution in [0.2, 0.25) is 0 Å². The highest BCUT2D eigenvalue weighted by atomic mass is 79.9. The Morgan fingerprint density at radius 1 is 0.952 bits per heavy atom. The molecule has 0 unspecified atom stereocenters. The third-order valence-corrected chi connectivity index (χ3v) is 3.85. The quantitative estimate of drug-likeness (QED) is 0.438. The lowest BCUT2D eigenvalue weighted by atomic mass is 9.97. The average molecular weight is 334 g/mol. The Balaban J connectivity index is 2.17. The maximum atomic E-state index is 9.54. The Kier molecular flexibility index (Phi) is 3.85. The fraction of sp³-hybridized carbons (Fsp3) is 0. The summed E-state index contributed by atoms with van der Waals surface area (Å²) in [4.78, 5) is 0. The van der Waals surface area contributed by atoms with Crippen LogP contribution in [0.3, 0.4) is 0 Å². The smallest absolute Gasteiger partial charge is 0.0998 e. The number of halogens is 1. The van der Waals surface area contributed by atoms with Crippen molar-refractivity contribution >= 4 is 38.4 Å². The number of fused-ring (bicyclic) bond motifs is 1. The van der Waals surface area contributed by atoms with Gasteiger partial charge in [-0.25, -0.2) is 0 Å². The Bertz CT molecular complexity index is 867. The number of nitrogens with zero attached hydrogens (tertiary/aromatic N) is 1. The van der Waals surface area contributed by atoms with E-state index in [2.05, 4.69) is 40.2 Å². The summed E-state index contributed by atoms with van der Waals surface area (Å²) < 4.78 is 1.01. The molecule has 0 atom stereocenters. The molecule has 0 saturated carbocycles. The molecule has 0 aromatic heterocycles. The molecule has 0 amide bonds. The standard InChI is InChI=1S/C19H12BrN/c20-17-8-3-5-14(12-17)11-16(13-21)19-10-4-7-15-6-1-2-9-18(15)19/h1-12H/b16-11-. The molecule has 0 heterocycles. The van der Waals surface area contributed by atoms with Crippen molar-refractivity contribution in [3.05, 3.63) is 82.3 Å². The van der Waals surface area contributed by atoms with Gasteiger partial charge < -0.3 is 0 Å². The van der Waals surface area contributed by atoms with Gasteiger partial charge in [0.2, 0.25) is 0 Å². The lowest BCUT2D eigenvalue weighted by molar-refractivity contribution is 1.53. The van der Waals surface area contributed by atoms with Gasteiger partial charge in [-0.2, -0.15) is 5.26 Å². The first-order valence-corrected chi connectivity index (χ1v) is 7.43. The number of nitriles is 1. The van der Waals surface area contributed by atoms with E-state index < -0.39 is 0 Å². The molecule has 0 saturated heterocycles. The van der Waals surface area contributed by atoms with E-state index in [9.17, 15) is 5.26 Å². The summed E-state index contributed by atoms with van der Waals surface area (Å²) in [5, 5.41) is 11.8. The summed E-state index contributed by atoms with van der Waals surface area (Å²) in [7, 11) is 0. The van der Waals surface area contributed by atoms with Crippen LogP contribution in [-0.2, 0) is 0 Å². The van der Waals surface area contributed by atoms with Gasteiger partial charge in [0.1, 0.15) is 0 Å². The molecule has 3 rings (SSSR count). The fourth-order valence-electron chi connectivity index (χ4n) is 2.39. The molecule has 3 aromatic rings. The first kappa shape index (κ1) is 13.6. The topological polar surface area (TPSA) is 23.8 Å². The number of rotatable bonds is 2. The molecule has 1 nitrogen and oxygen atoms in total. The molecule has 0 fully saturated rings. The Labute approximate surface area is 132 Å². The molecule has 0 aliphatic carbocycles. The Hall–Kier alpha value is -2.37. The minimum Gasteiger partial charge on any atom is -0.192 e. The van der Waals surface area contributed by atoms with E-state index in [0.717, 1.165) is 26.4 Å². The van der Waals surface area contributed by atoms with E-state index in [1.54, 1.807) is 0 Å². The molecule has 0 N–H and O–H groups in total. The maximum Gasteiger partial charge on any atom is 0.0998 e. The summed E-state index contributed by atoms with van der Waals surface area (Å²) >= 11 is 3.46. The van der Waals surface area contributed by atoms with Crippen LogP contribution in [0.15, 0.2) is 71.2 Å². The monoisotopic (exact) mass is 333 g/mol. The molecular formula is C19H12BrN. The highest BCUT2D eigenvalue weighted by Crippen LogP contribution is 2.26. The van der Waals surface area contributed by atoms with E-state index in [1.807, 2.05) is 54.6 Å². The summed E-state index contributed by atoms with van der Waals surface area (Å²) in [5.41, 5.74) is 2.65. The van der Waals surface area contributed by atoms with Gasteiger partial charge in [-0.1, -0.05) is 70.5 Å². The van der Waals surface area contributed by atoms with Crippen molar-refractivity contribution in [1.82, 2.24) is 0 Å². The molecule has 0 radical (unpaired) electrons. The minimum atomic E-state index is 0.671. The summed E-state index contributed by atoms with van der Waals surface area (Å²) in [6.45, 7) is 0. The van der Waals surface area contributed by atoms with Gasteiger partial charge in [-0.05, 0) is 34.5 Å². The third kappa shape index (κ3) is 2.89. The molecule has 0 bridgehead atoms. The van der Waals surface area contributed by atoms with E-state index in [4.69, 9.17) is 0 Å². The molecule has 2 heteroatoms. The predicted octanol–water partition coefficient (Wildman–Crippen LogP) is 5.67. The summed E-state index contributed by atoms with van der Waals surface area (Å²) in [6.07, 6.45) is 1.92. The van der Waals surface area contributed by atoms with Crippen molar-refractivity contribution in [2.45, 2.75) is 0 Å². The van der Waals surface area contributed by atoms with E-state index in [0.29, 0.717) is 5.57 Å². The zero-order valence-electron chi connectivity index (χ0n) is 11.3. The van der Waals surface area contributed by atoms with Crippen molar-refractivity contribution in [3.63, 3.8) is 0 Å². The maximum absolute atomic E-state index is 9.54. The lowest BCUT2D eigenvalue weighted by Crippen LogP contribution is -1.85. The van der Waals surface area contributed by atoms with Gasteiger partial charge in [0.05, 0.1) is 11.6 Å². The van der Waals surface area contributed by atoms with Gasteiger partial charge in [0.25, 0.3) is 0 Å². The highest BCUT2D eigenvalue weighted by Gasteiger charge is 2.06. The Morgan fingerprint density at radius 2 is 1.71 bits per heavy atom. The normalized spacial score (nSPS) is 11.3. The van der Waals surface area contributed by atoms with Crippen molar-refractivity contribution in [2.75, 3.05) is 0 Å². The van der Waals surface area contributed by atoms with Crippen LogP contribution in [0.1, 0.15) is 11.1 Å². The first-order valence-electron chi connectivity index (χ1n) is 6.63. The van der Waals surface area contributed by atoms with Crippen LogP contribution < -0.4 is 0 Å². The minimum absolute atomic E-state index is 0.671. The molecule has 21 heavy (non-hydrogen) atoms. The fourth-order valence-corrected chi connectivity index (χ4v) is 2.81. The van der Waals surface area contributed by atoms with Crippen LogP contribution in [0, 0.1) is 11.3 Å². The van der Waals surface area contributed by atoms with Gasteiger partial charge in [-0.15, -0.1) is 0 Å². The molecule has 0 spiro atoms. The molecular weight excluding hydrogens is 322 g/mol. The first-order chi connectivity index (χ1) is 10.3. The van der Waals surface area contributed by atoms with Crippen molar-refractivity contribution in [1.29, 1.82) is 5.26 Å². The van der Waals surface area contributed by atoms with Crippen LogP contribution in [-0.4, -0.2) is 0 Å². The second kappa shape index (κ2) is 5.95. The summed E-state index contributed by atoms with van der Waals surface area (Å²) in [6, 6.07) is 24.4. The van der Waals surface area contributed by atoms with Crippen LogP contribution in [0.4, 0.5) is 0 Å². The Morgan fingerprint density at radius 3 is 2.52 bits per heavy atom. The zero-order valence-corrected chi connectivity index (χ0v) is 12.8. The number of allylic oxidation sites excluding steroid dienone is 1. The van der Waals surface area contributed by atoms with E-state index >= 15 is 0 Å². The van der Waals surface area contributed by atoms with Gasteiger partial charge in [0.15, 0.2) is 0 Å². The van der Waals surface area contributed by atoms with Gasteiger partial charge >= 0.3 is 0 Å². The van der Waals surface area contributed by atoms with Crippen molar-refractivity contribution < 1.29 is 0 Å². The number of hydrogen-bond donors (Lipinski definition) is 0. The largest absolute Gasteiger partial charge is 0.192 e. The zero-order chi connectivity index (χ0) is 14.7. The van der Waals surface area contributed by atoms with Gasteiger partial charge in [-0.3, -0.25) is 0 Å². The number of hydrogen-bond acceptors (Lipinski definition) is 1. The molecule has 100 valence electrons. The van der Waals surface area contributed by atoms with Crippen molar-refractivity contribution in [2.24, 2.45) is 0 Å². The second-order valence-electron chi connectivity index (χ2n) is 4.75. The average Bonchev–Trinajstić information content (AvgIpc) is 2.52.